The highest BCUT2D eigenvalue weighted by Crippen LogP contribution is 2.40. The highest BCUT2D eigenvalue weighted by Gasteiger charge is 2.54. The van der Waals surface area contributed by atoms with Gasteiger partial charge in [0.25, 0.3) is 0 Å². The van der Waals surface area contributed by atoms with Gasteiger partial charge in [0.1, 0.15) is 6.04 Å². The SMILES string of the molecule is CC(C)C[C@H](NC(=O)[C@@]1(N)CC1C)C(=O)N[C@@H]1CCCC[C@H]1c1cccc(Cl)c1. The fourth-order valence-corrected chi connectivity index (χ4v) is 4.68. The molecule has 0 aliphatic heterocycles. The Kier molecular flexibility index (Phi) is 6.90. The van der Waals surface area contributed by atoms with Gasteiger partial charge in [-0.25, -0.2) is 0 Å². The van der Waals surface area contributed by atoms with Crippen molar-refractivity contribution in [1.82, 2.24) is 10.6 Å². The van der Waals surface area contributed by atoms with Crippen molar-refractivity contribution in [3.8, 4) is 0 Å². The van der Waals surface area contributed by atoms with E-state index < -0.39 is 11.6 Å². The predicted octanol–water partition coefficient (Wildman–Crippen LogP) is 3.75. The molecule has 160 valence electrons. The van der Waals surface area contributed by atoms with E-state index in [1.807, 2.05) is 25.1 Å². The first-order chi connectivity index (χ1) is 13.7. The molecule has 4 N–H and O–H groups in total. The van der Waals surface area contributed by atoms with Crippen LogP contribution in [0.2, 0.25) is 5.02 Å². The lowest BCUT2D eigenvalue weighted by Gasteiger charge is -2.34. The number of carbonyl (C=O) groups is 2. The van der Waals surface area contributed by atoms with Crippen molar-refractivity contribution in [3.63, 3.8) is 0 Å². The van der Waals surface area contributed by atoms with E-state index in [0.29, 0.717) is 12.8 Å². The van der Waals surface area contributed by atoms with Gasteiger partial charge in [-0.2, -0.15) is 0 Å². The molecule has 0 radical (unpaired) electrons. The van der Waals surface area contributed by atoms with Crippen LogP contribution in [0.4, 0.5) is 0 Å². The molecule has 6 heteroatoms. The van der Waals surface area contributed by atoms with Crippen LogP contribution >= 0.6 is 11.6 Å². The normalized spacial score (nSPS) is 29.9. The first-order valence-corrected chi connectivity index (χ1v) is 11.2. The highest BCUT2D eigenvalue weighted by atomic mass is 35.5. The summed E-state index contributed by atoms with van der Waals surface area (Å²) < 4.78 is 0. The summed E-state index contributed by atoms with van der Waals surface area (Å²) in [5.41, 5.74) is 6.50. The van der Waals surface area contributed by atoms with Gasteiger partial charge < -0.3 is 16.4 Å². The fraction of sp³-hybridized carbons (Fsp3) is 0.652. The van der Waals surface area contributed by atoms with Crippen molar-refractivity contribution >= 4 is 23.4 Å². The second kappa shape index (κ2) is 9.05. The van der Waals surface area contributed by atoms with Crippen molar-refractivity contribution < 1.29 is 9.59 Å². The molecular weight excluding hydrogens is 386 g/mol. The van der Waals surface area contributed by atoms with Crippen molar-refractivity contribution in [3.05, 3.63) is 34.9 Å². The molecule has 0 bridgehead atoms. The molecule has 0 saturated heterocycles. The summed E-state index contributed by atoms with van der Waals surface area (Å²) in [4.78, 5) is 25.8. The van der Waals surface area contributed by atoms with Crippen LogP contribution in [-0.2, 0) is 9.59 Å². The lowest BCUT2D eigenvalue weighted by Crippen LogP contribution is -2.55. The first-order valence-electron chi connectivity index (χ1n) is 10.9. The van der Waals surface area contributed by atoms with E-state index in [1.54, 1.807) is 0 Å². The molecule has 0 spiro atoms. The van der Waals surface area contributed by atoms with E-state index >= 15 is 0 Å². The minimum absolute atomic E-state index is 0.0490. The molecule has 29 heavy (non-hydrogen) atoms. The van der Waals surface area contributed by atoms with Gasteiger partial charge in [-0.3, -0.25) is 9.59 Å². The zero-order valence-corrected chi connectivity index (χ0v) is 18.5. The molecule has 0 aromatic heterocycles. The standard InChI is InChI=1S/C23H34ClN3O2/c1-14(2)11-20(27-22(29)23(25)13-15(23)3)21(28)26-19-10-5-4-9-18(19)16-7-6-8-17(24)12-16/h6-8,12,14-15,18-20H,4-5,9-11,13,25H2,1-3H3,(H,26,28)(H,27,29)/t15?,18-,19+,20-,23+/m0/s1. The second-order valence-electron chi connectivity index (χ2n) is 9.36. The van der Waals surface area contributed by atoms with Crippen LogP contribution in [0.1, 0.15) is 70.8 Å². The maximum Gasteiger partial charge on any atom is 0.242 e. The minimum Gasteiger partial charge on any atom is -0.351 e. The molecule has 2 fully saturated rings. The third-order valence-corrected chi connectivity index (χ3v) is 6.72. The number of amides is 2. The van der Waals surface area contributed by atoms with Crippen LogP contribution in [0.25, 0.3) is 0 Å². The average molecular weight is 420 g/mol. The van der Waals surface area contributed by atoms with Crippen LogP contribution in [0.3, 0.4) is 0 Å². The number of benzene rings is 1. The Morgan fingerprint density at radius 2 is 1.97 bits per heavy atom. The molecule has 5 nitrogen and oxygen atoms in total. The van der Waals surface area contributed by atoms with Gasteiger partial charge in [0.2, 0.25) is 11.8 Å². The Morgan fingerprint density at radius 1 is 1.28 bits per heavy atom. The molecule has 2 aliphatic rings. The maximum absolute atomic E-state index is 13.2. The van der Waals surface area contributed by atoms with Gasteiger partial charge in [0.05, 0.1) is 5.54 Å². The second-order valence-corrected chi connectivity index (χ2v) is 9.80. The summed E-state index contributed by atoms with van der Waals surface area (Å²) in [6.07, 6.45) is 5.46. The molecule has 2 aliphatic carbocycles. The summed E-state index contributed by atoms with van der Waals surface area (Å²) in [6, 6.07) is 7.41. The fourth-order valence-electron chi connectivity index (χ4n) is 4.48. The highest BCUT2D eigenvalue weighted by molar-refractivity contribution is 6.30. The summed E-state index contributed by atoms with van der Waals surface area (Å²) in [5.74, 6) is 0.372. The van der Waals surface area contributed by atoms with Gasteiger partial charge in [-0.1, -0.05) is 57.3 Å². The van der Waals surface area contributed by atoms with Crippen molar-refractivity contribution in [2.45, 2.75) is 82.8 Å². The quantitative estimate of drug-likeness (QED) is 0.629. The zero-order chi connectivity index (χ0) is 21.2. The molecule has 5 atom stereocenters. The van der Waals surface area contributed by atoms with Crippen LogP contribution in [0.15, 0.2) is 24.3 Å². The lowest BCUT2D eigenvalue weighted by molar-refractivity contribution is -0.131. The van der Waals surface area contributed by atoms with E-state index in [0.717, 1.165) is 30.7 Å². The van der Waals surface area contributed by atoms with Gasteiger partial charge in [-0.15, -0.1) is 0 Å². The number of halogens is 1. The third kappa shape index (κ3) is 5.32. The minimum atomic E-state index is -0.816. The van der Waals surface area contributed by atoms with Crippen LogP contribution in [0.5, 0.6) is 0 Å². The van der Waals surface area contributed by atoms with Gasteiger partial charge in [0, 0.05) is 17.0 Å². The molecule has 2 saturated carbocycles. The monoisotopic (exact) mass is 419 g/mol. The number of nitrogens with two attached hydrogens (primary N) is 1. The smallest absolute Gasteiger partial charge is 0.242 e. The number of nitrogens with one attached hydrogen (secondary N) is 2. The molecule has 1 aromatic rings. The summed E-state index contributed by atoms with van der Waals surface area (Å²) >= 11 is 6.20. The molecule has 3 rings (SSSR count). The summed E-state index contributed by atoms with van der Waals surface area (Å²) in [6.45, 7) is 6.08. The molecule has 2 amide bonds. The van der Waals surface area contributed by atoms with Crippen molar-refractivity contribution in [1.29, 1.82) is 0 Å². The Balaban J connectivity index is 1.70. The maximum atomic E-state index is 13.2. The van der Waals surface area contributed by atoms with Crippen LogP contribution < -0.4 is 16.4 Å². The van der Waals surface area contributed by atoms with E-state index in [1.165, 1.54) is 5.56 Å². The van der Waals surface area contributed by atoms with E-state index in [4.69, 9.17) is 17.3 Å². The van der Waals surface area contributed by atoms with E-state index in [-0.39, 0.29) is 35.6 Å². The molecule has 1 unspecified atom stereocenters. The van der Waals surface area contributed by atoms with Crippen LogP contribution in [0, 0.1) is 11.8 Å². The number of hydrogen-bond donors (Lipinski definition) is 3. The Bertz CT molecular complexity index is 753. The summed E-state index contributed by atoms with van der Waals surface area (Å²) in [5, 5.41) is 6.90. The molecular formula is C23H34ClN3O2. The number of rotatable bonds is 7. The number of carbonyl (C=O) groups excluding carboxylic acids is 2. The predicted molar refractivity (Wildman–Crippen MR) is 117 cm³/mol. The first kappa shape index (κ1) is 22.1. The van der Waals surface area contributed by atoms with Crippen molar-refractivity contribution in [2.75, 3.05) is 0 Å². The van der Waals surface area contributed by atoms with E-state index in [9.17, 15) is 9.59 Å². The topological polar surface area (TPSA) is 84.2 Å². The van der Waals surface area contributed by atoms with E-state index in [2.05, 4.69) is 30.5 Å². The lowest BCUT2D eigenvalue weighted by atomic mass is 9.80. The summed E-state index contributed by atoms with van der Waals surface area (Å²) in [7, 11) is 0. The van der Waals surface area contributed by atoms with Gasteiger partial charge in [0.15, 0.2) is 0 Å². The Labute approximate surface area is 179 Å². The van der Waals surface area contributed by atoms with Crippen LogP contribution in [-0.4, -0.2) is 29.4 Å². The molecule has 0 heterocycles. The van der Waals surface area contributed by atoms with Gasteiger partial charge >= 0.3 is 0 Å². The average Bonchev–Trinajstić information content (AvgIpc) is 3.29. The Hall–Kier alpha value is -1.59. The Morgan fingerprint density at radius 3 is 2.59 bits per heavy atom. The number of hydrogen-bond acceptors (Lipinski definition) is 3. The van der Waals surface area contributed by atoms with Gasteiger partial charge in [-0.05, 0) is 55.2 Å². The largest absolute Gasteiger partial charge is 0.351 e. The van der Waals surface area contributed by atoms with Crippen molar-refractivity contribution in [2.24, 2.45) is 17.6 Å². The zero-order valence-electron chi connectivity index (χ0n) is 17.7. The molecule has 1 aromatic carbocycles. The third-order valence-electron chi connectivity index (χ3n) is 6.49.